The number of nitrogens with one attached hydrogen (secondary N) is 1. The van der Waals surface area contributed by atoms with Gasteiger partial charge in [0.1, 0.15) is 4.90 Å². The van der Waals surface area contributed by atoms with E-state index in [9.17, 15) is 8.42 Å². The van der Waals surface area contributed by atoms with Gasteiger partial charge in [-0.05, 0) is 30.5 Å². The molecule has 7 heteroatoms. The minimum Gasteiger partial charge on any atom is -0.398 e. The van der Waals surface area contributed by atoms with Crippen molar-refractivity contribution < 1.29 is 13.5 Å². The molecule has 0 aromatic heterocycles. The molecule has 1 unspecified atom stereocenters. The van der Waals surface area contributed by atoms with Crippen molar-refractivity contribution in [2.45, 2.75) is 24.7 Å². The van der Waals surface area contributed by atoms with Crippen molar-refractivity contribution in [2.24, 2.45) is 5.92 Å². The fourth-order valence-corrected chi connectivity index (χ4v) is 3.19. The van der Waals surface area contributed by atoms with E-state index in [0.29, 0.717) is 11.4 Å². The third-order valence-electron chi connectivity index (χ3n) is 2.94. The standard InChI is InChI=1S/C12H19ClN2O3S/c1-2-9(5-6-16)8-15-19(17,18)12-7-10(13)3-4-11(12)14/h3-4,7,9,15-16H,2,5-6,8,14H2,1H3. The first-order valence-electron chi connectivity index (χ1n) is 6.06. The maximum absolute atomic E-state index is 12.1. The third-order valence-corrected chi connectivity index (χ3v) is 4.66. The summed E-state index contributed by atoms with van der Waals surface area (Å²) in [4.78, 5) is -0.0150. The second kappa shape index (κ2) is 7.09. The molecule has 0 radical (unpaired) electrons. The summed E-state index contributed by atoms with van der Waals surface area (Å²) in [6, 6.07) is 4.32. The molecule has 0 fully saturated rings. The summed E-state index contributed by atoms with van der Waals surface area (Å²) in [6.45, 7) is 2.26. The minimum atomic E-state index is -3.68. The van der Waals surface area contributed by atoms with Crippen molar-refractivity contribution in [3.05, 3.63) is 23.2 Å². The van der Waals surface area contributed by atoms with E-state index >= 15 is 0 Å². The van der Waals surface area contributed by atoms with Gasteiger partial charge in [0.15, 0.2) is 0 Å². The highest BCUT2D eigenvalue weighted by molar-refractivity contribution is 7.89. The van der Waals surface area contributed by atoms with E-state index in [1.807, 2.05) is 6.92 Å². The van der Waals surface area contributed by atoms with Crippen LogP contribution in [-0.2, 0) is 10.0 Å². The molecule has 1 aromatic rings. The number of halogens is 1. The molecule has 0 aliphatic carbocycles. The topological polar surface area (TPSA) is 92.4 Å². The van der Waals surface area contributed by atoms with Crippen LogP contribution in [0, 0.1) is 5.92 Å². The molecule has 1 atom stereocenters. The van der Waals surface area contributed by atoms with Crippen LogP contribution in [0.1, 0.15) is 19.8 Å². The van der Waals surface area contributed by atoms with Crippen molar-refractivity contribution >= 4 is 27.3 Å². The molecule has 1 rings (SSSR count). The van der Waals surface area contributed by atoms with Crippen molar-refractivity contribution in [3.8, 4) is 0 Å². The molecule has 0 amide bonds. The number of aliphatic hydroxyl groups is 1. The Morgan fingerprint density at radius 3 is 2.74 bits per heavy atom. The fraction of sp³-hybridized carbons (Fsp3) is 0.500. The Balaban J connectivity index is 2.83. The zero-order chi connectivity index (χ0) is 14.5. The number of hydrogen-bond acceptors (Lipinski definition) is 4. The quantitative estimate of drug-likeness (QED) is 0.667. The minimum absolute atomic E-state index is 0.0150. The maximum atomic E-state index is 12.1. The first-order chi connectivity index (χ1) is 8.90. The summed E-state index contributed by atoms with van der Waals surface area (Å²) in [7, 11) is -3.68. The summed E-state index contributed by atoms with van der Waals surface area (Å²) in [5, 5.41) is 9.20. The van der Waals surface area contributed by atoms with Crippen LogP contribution < -0.4 is 10.5 Å². The van der Waals surface area contributed by atoms with Gasteiger partial charge in [-0.25, -0.2) is 13.1 Å². The van der Waals surface area contributed by atoms with Gasteiger partial charge in [-0.3, -0.25) is 0 Å². The van der Waals surface area contributed by atoms with Crippen LogP contribution in [-0.4, -0.2) is 26.7 Å². The summed E-state index contributed by atoms with van der Waals surface area (Å²) in [6.07, 6.45) is 1.35. The van der Waals surface area contributed by atoms with Gasteiger partial charge in [-0.1, -0.05) is 24.9 Å². The predicted molar refractivity (Wildman–Crippen MR) is 76.5 cm³/mol. The Morgan fingerprint density at radius 1 is 1.47 bits per heavy atom. The molecule has 108 valence electrons. The summed E-state index contributed by atoms with van der Waals surface area (Å²) >= 11 is 5.78. The Labute approximate surface area is 118 Å². The molecular weight excluding hydrogens is 288 g/mol. The number of anilines is 1. The number of nitrogen functional groups attached to an aromatic ring is 1. The van der Waals surface area contributed by atoms with Crippen molar-refractivity contribution in [3.63, 3.8) is 0 Å². The SMILES string of the molecule is CCC(CCO)CNS(=O)(=O)c1cc(Cl)ccc1N. The van der Waals surface area contributed by atoms with Gasteiger partial charge in [0.2, 0.25) is 10.0 Å². The van der Waals surface area contributed by atoms with Crippen LogP contribution in [0.4, 0.5) is 5.69 Å². The van der Waals surface area contributed by atoms with Gasteiger partial charge in [0.25, 0.3) is 0 Å². The van der Waals surface area contributed by atoms with Gasteiger partial charge < -0.3 is 10.8 Å². The van der Waals surface area contributed by atoms with Gasteiger partial charge >= 0.3 is 0 Å². The molecule has 0 saturated carbocycles. The number of rotatable bonds is 7. The van der Waals surface area contributed by atoms with Crippen LogP contribution in [0.25, 0.3) is 0 Å². The number of hydrogen-bond donors (Lipinski definition) is 3. The third kappa shape index (κ3) is 4.65. The highest BCUT2D eigenvalue weighted by Crippen LogP contribution is 2.22. The maximum Gasteiger partial charge on any atom is 0.242 e. The zero-order valence-electron chi connectivity index (χ0n) is 10.8. The molecule has 0 saturated heterocycles. The van der Waals surface area contributed by atoms with Crippen LogP contribution >= 0.6 is 11.6 Å². The van der Waals surface area contributed by atoms with Crippen LogP contribution in [0.2, 0.25) is 5.02 Å². The molecule has 0 bridgehead atoms. The second-order valence-corrected chi connectivity index (χ2v) is 6.49. The van der Waals surface area contributed by atoms with Gasteiger partial charge in [-0.15, -0.1) is 0 Å². The van der Waals surface area contributed by atoms with Gasteiger partial charge in [-0.2, -0.15) is 0 Å². The van der Waals surface area contributed by atoms with E-state index in [2.05, 4.69) is 4.72 Å². The van der Waals surface area contributed by atoms with E-state index in [0.717, 1.165) is 6.42 Å². The van der Waals surface area contributed by atoms with Crippen LogP contribution in [0.5, 0.6) is 0 Å². The molecule has 0 aliphatic heterocycles. The molecule has 0 heterocycles. The number of benzene rings is 1. The summed E-state index contributed by atoms with van der Waals surface area (Å²) < 4.78 is 26.7. The first-order valence-corrected chi connectivity index (χ1v) is 7.92. The van der Waals surface area contributed by atoms with Crippen molar-refractivity contribution in [1.82, 2.24) is 4.72 Å². The monoisotopic (exact) mass is 306 g/mol. The summed E-state index contributed by atoms with van der Waals surface area (Å²) in [5.41, 5.74) is 5.81. The largest absolute Gasteiger partial charge is 0.398 e. The lowest BCUT2D eigenvalue weighted by Gasteiger charge is -2.15. The Morgan fingerprint density at radius 2 is 2.16 bits per heavy atom. The smallest absolute Gasteiger partial charge is 0.242 e. The Kier molecular flexibility index (Phi) is 6.06. The first kappa shape index (κ1) is 16.2. The lowest BCUT2D eigenvalue weighted by molar-refractivity contribution is 0.254. The predicted octanol–water partition coefficient (Wildman–Crippen LogP) is 1.61. The number of nitrogens with two attached hydrogens (primary N) is 1. The second-order valence-electron chi connectivity index (χ2n) is 4.32. The van der Waals surface area contributed by atoms with Crippen LogP contribution in [0.15, 0.2) is 23.1 Å². The molecular formula is C12H19ClN2O3S. The molecule has 19 heavy (non-hydrogen) atoms. The lowest BCUT2D eigenvalue weighted by Crippen LogP contribution is -2.30. The number of aliphatic hydroxyl groups excluding tert-OH is 1. The van der Waals surface area contributed by atoms with Crippen molar-refractivity contribution in [1.29, 1.82) is 0 Å². The van der Waals surface area contributed by atoms with Gasteiger partial charge in [0.05, 0.1) is 5.69 Å². The average Bonchev–Trinajstić information content (AvgIpc) is 2.37. The zero-order valence-corrected chi connectivity index (χ0v) is 12.3. The van der Waals surface area contributed by atoms with E-state index in [-0.39, 0.29) is 29.7 Å². The van der Waals surface area contributed by atoms with E-state index in [1.54, 1.807) is 0 Å². The number of sulfonamides is 1. The lowest BCUT2D eigenvalue weighted by atomic mass is 10.0. The molecule has 1 aromatic carbocycles. The Bertz CT molecular complexity index is 520. The average molecular weight is 307 g/mol. The molecule has 0 aliphatic rings. The van der Waals surface area contributed by atoms with E-state index in [4.69, 9.17) is 22.4 Å². The molecule has 0 spiro atoms. The highest BCUT2D eigenvalue weighted by Gasteiger charge is 2.19. The van der Waals surface area contributed by atoms with E-state index in [1.165, 1.54) is 18.2 Å². The van der Waals surface area contributed by atoms with Gasteiger partial charge in [0, 0.05) is 18.2 Å². The summed E-state index contributed by atoms with van der Waals surface area (Å²) in [5.74, 6) is 0.0974. The normalized spacial score (nSPS) is 13.4. The fourth-order valence-electron chi connectivity index (χ4n) is 1.68. The van der Waals surface area contributed by atoms with E-state index < -0.39 is 10.0 Å². The van der Waals surface area contributed by atoms with Crippen molar-refractivity contribution in [2.75, 3.05) is 18.9 Å². The molecule has 5 nitrogen and oxygen atoms in total. The van der Waals surface area contributed by atoms with Crippen LogP contribution in [0.3, 0.4) is 0 Å². The highest BCUT2D eigenvalue weighted by atomic mass is 35.5. The molecule has 4 N–H and O–H groups in total. The Hall–Kier alpha value is -0.820.